The first-order chi connectivity index (χ1) is 8.31. The van der Waals surface area contributed by atoms with Crippen LogP contribution in [0.2, 0.25) is 0 Å². The van der Waals surface area contributed by atoms with E-state index in [4.69, 9.17) is 5.11 Å². The molecule has 4 nitrogen and oxygen atoms in total. The number of aliphatic carboxylic acids is 1. The van der Waals surface area contributed by atoms with Crippen LogP contribution < -0.4 is 0 Å². The molecule has 0 aromatic carbocycles. The van der Waals surface area contributed by atoms with E-state index in [1.165, 1.54) is 0 Å². The highest BCUT2D eigenvalue weighted by Crippen LogP contribution is 2.29. The monoisotopic (exact) mass is 257 g/mol. The molecule has 4 heteroatoms. The first kappa shape index (κ1) is 15.4. The molecule has 1 heterocycles. The second-order valence-corrected chi connectivity index (χ2v) is 6.69. The molecule has 0 aromatic rings. The molecule has 2 unspecified atom stereocenters. The number of carboxylic acids is 1. The lowest BCUT2D eigenvalue weighted by Gasteiger charge is -2.39. The summed E-state index contributed by atoms with van der Waals surface area (Å²) in [5.74, 6) is -0.404. The third kappa shape index (κ3) is 5.36. The molecule has 1 rings (SSSR count). The van der Waals surface area contributed by atoms with E-state index in [2.05, 4.69) is 25.7 Å². The summed E-state index contributed by atoms with van der Waals surface area (Å²) < 4.78 is 0. The van der Waals surface area contributed by atoms with Gasteiger partial charge in [-0.2, -0.15) is 0 Å². The van der Waals surface area contributed by atoms with Crippen molar-refractivity contribution in [2.45, 2.75) is 52.5 Å². The summed E-state index contributed by atoms with van der Waals surface area (Å²) in [6.07, 6.45) is 3.95. The summed E-state index contributed by atoms with van der Waals surface area (Å²) in [7, 11) is 0. The molecular weight excluding hydrogens is 230 g/mol. The van der Waals surface area contributed by atoms with E-state index in [1.54, 1.807) is 0 Å². The van der Waals surface area contributed by atoms with Crippen LogP contribution in [0.15, 0.2) is 0 Å². The van der Waals surface area contributed by atoms with E-state index in [-0.39, 0.29) is 18.6 Å². The minimum absolute atomic E-state index is 0.132. The maximum absolute atomic E-state index is 10.9. The van der Waals surface area contributed by atoms with Gasteiger partial charge in [-0.15, -0.1) is 0 Å². The van der Waals surface area contributed by atoms with E-state index in [0.29, 0.717) is 12.0 Å². The molecule has 0 amide bonds. The van der Waals surface area contributed by atoms with Crippen LogP contribution in [0, 0.1) is 11.3 Å². The highest BCUT2D eigenvalue weighted by atomic mass is 16.4. The molecule has 2 N–H and O–H groups in total. The Balaban J connectivity index is 2.56. The molecule has 0 bridgehead atoms. The Kier molecular flexibility index (Phi) is 5.60. The van der Waals surface area contributed by atoms with E-state index < -0.39 is 5.97 Å². The van der Waals surface area contributed by atoms with Crippen LogP contribution in [0.25, 0.3) is 0 Å². The Bertz CT molecular complexity index is 273. The number of likely N-dealkylation sites (tertiary alicyclic amines) is 1. The van der Waals surface area contributed by atoms with Crippen LogP contribution in [0.5, 0.6) is 0 Å². The highest BCUT2D eigenvalue weighted by molar-refractivity contribution is 5.69. The summed E-state index contributed by atoms with van der Waals surface area (Å²) in [4.78, 5) is 12.9. The van der Waals surface area contributed by atoms with E-state index in [9.17, 15) is 9.90 Å². The fourth-order valence-corrected chi connectivity index (χ4v) is 2.63. The maximum atomic E-state index is 10.9. The number of hydrogen-bond donors (Lipinski definition) is 2. The van der Waals surface area contributed by atoms with Crippen molar-refractivity contribution < 1.29 is 15.0 Å². The van der Waals surface area contributed by atoms with Crippen molar-refractivity contribution in [2.24, 2.45) is 11.3 Å². The Hall–Kier alpha value is -0.610. The molecule has 0 saturated carbocycles. The van der Waals surface area contributed by atoms with Gasteiger partial charge in [-0.25, -0.2) is 0 Å². The van der Waals surface area contributed by atoms with Crippen molar-refractivity contribution in [3.05, 3.63) is 0 Å². The molecule has 0 radical (unpaired) electrons. The topological polar surface area (TPSA) is 60.8 Å². The number of nitrogens with zero attached hydrogens (tertiary/aromatic N) is 1. The SMILES string of the molecule is CC(C)(C)CCC1CC(CO)CCN1CC(=O)O. The average molecular weight is 257 g/mol. The third-order valence-electron chi connectivity index (χ3n) is 3.77. The fourth-order valence-electron chi connectivity index (χ4n) is 2.63. The number of aliphatic hydroxyl groups excluding tert-OH is 1. The molecule has 2 atom stereocenters. The largest absolute Gasteiger partial charge is 0.480 e. The van der Waals surface area contributed by atoms with Crippen LogP contribution in [0.1, 0.15) is 46.5 Å². The second kappa shape index (κ2) is 6.53. The Morgan fingerprint density at radius 1 is 1.39 bits per heavy atom. The number of carbonyl (C=O) groups is 1. The number of hydrogen-bond acceptors (Lipinski definition) is 3. The quantitative estimate of drug-likeness (QED) is 0.790. The van der Waals surface area contributed by atoms with E-state index in [1.807, 2.05) is 0 Å². The normalized spacial score (nSPS) is 26.2. The third-order valence-corrected chi connectivity index (χ3v) is 3.77. The van der Waals surface area contributed by atoms with Crippen molar-refractivity contribution in [1.82, 2.24) is 4.90 Å². The minimum Gasteiger partial charge on any atom is -0.480 e. The smallest absolute Gasteiger partial charge is 0.317 e. The zero-order valence-corrected chi connectivity index (χ0v) is 11.9. The first-order valence-electron chi connectivity index (χ1n) is 6.88. The molecule has 1 fully saturated rings. The molecule has 106 valence electrons. The van der Waals surface area contributed by atoms with Crippen LogP contribution >= 0.6 is 0 Å². The van der Waals surface area contributed by atoms with Crippen LogP contribution in [0.4, 0.5) is 0 Å². The van der Waals surface area contributed by atoms with Gasteiger partial charge in [0.2, 0.25) is 0 Å². The molecule has 0 spiro atoms. The molecule has 1 aliphatic heterocycles. The zero-order chi connectivity index (χ0) is 13.8. The Labute approximate surface area is 110 Å². The summed E-state index contributed by atoms with van der Waals surface area (Å²) >= 11 is 0. The molecule has 1 saturated heterocycles. The van der Waals surface area contributed by atoms with Gasteiger partial charge in [0.25, 0.3) is 0 Å². The van der Waals surface area contributed by atoms with Crippen molar-refractivity contribution in [1.29, 1.82) is 0 Å². The number of rotatable bonds is 5. The van der Waals surface area contributed by atoms with Gasteiger partial charge in [-0.1, -0.05) is 20.8 Å². The summed E-state index contributed by atoms with van der Waals surface area (Å²) in [5, 5.41) is 18.2. The summed E-state index contributed by atoms with van der Waals surface area (Å²) in [6, 6.07) is 0.311. The fraction of sp³-hybridized carbons (Fsp3) is 0.929. The Morgan fingerprint density at radius 3 is 2.56 bits per heavy atom. The number of aliphatic hydroxyl groups is 1. The van der Waals surface area contributed by atoms with Crippen LogP contribution in [0.3, 0.4) is 0 Å². The lowest BCUT2D eigenvalue weighted by atomic mass is 9.83. The molecule has 0 aliphatic carbocycles. The zero-order valence-electron chi connectivity index (χ0n) is 11.9. The maximum Gasteiger partial charge on any atom is 0.317 e. The average Bonchev–Trinajstić information content (AvgIpc) is 2.26. The predicted octanol–water partition coefficient (Wildman–Crippen LogP) is 1.97. The van der Waals surface area contributed by atoms with Gasteiger partial charge in [0.15, 0.2) is 0 Å². The van der Waals surface area contributed by atoms with Gasteiger partial charge in [0.05, 0.1) is 6.54 Å². The van der Waals surface area contributed by atoms with Crippen molar-refractivity contribution in [3.63, 3.8) is 0 Å². The van der Waals surface area contributed by atoms with Gasteiger partial charge >= 0.3 is 5.97 Å². The highest BCUT2D eigenvalue weighted by Gasteiger charge is 2.29. The molecule has 18 heavy (non-hydrogen) atoms. The minimum atomic E-state index is -0.752. The standard InChI is InChI=1S/C14H27NO3/c1-14(2,3)6-4-12-8-11(10-16)5-7-15(12)9-13(17)18/h11-12,16H,4-10H2,1-3H3,(H,17,18). The van der Waals surface area contributed by atoms with Crippen molar-refractivity contribution in [3.8, 4) is 0 Å². The Morgan fingerprint density at radius 2 is 2.06 bits per heavy atom. The van der Waals surface area contributed by atoms with Crippen LogP contribution in [-0.4, -0.2) is 46.8 Å². The van der Waals surface area contributed by atoms with E-state index >= 15 is 0 Å². The van der Waals surface area contributed by atoms with Gasteiger partial charge in [-0.3, -0.25) is 9.69 Å². The number of piperidine rings is 1. The van der Waals surface area contributed by atoms with Crippen molar-refractivity contribution in [2.75, 3.05) is 19.7 Å². The lowest BCUT2D eigenvalue weighted by molar-refractivity contribution is -0.139. The summed E-state index contributed by atoms with van der Waals surface area (Å²) in [5.41, 5.74) is 0.279. The molecule has 0 aromatic heterocycles. The summed E-state index contributed by atoms with van der Waals surface area (Å²) in [6.45, 7) is 7.79. The van der Waals surface area contributed by atoms with Crippen LogP contribution in [-0.2, 0) is 4.79 Å². The second-order valence-electron chi connectivity index (χ2n) is 6.69. The van der Waals surface area contributed by atoms with Crippen molar-refractivity contribution >= 4 is 5.97 Å². The predicted molar refractivity (Wildman–Crippen MR) is 71.5 cm³/mol. The van der Waals surface area contributed by atoms with Gasteiger partial charge in [0, 0.05) is 12.6 Å². The molecular formula is C14H27NO3. The number of carboxylic acid groups (broad SMARTS) is 1. The lowest BCUT2D eigenvalue weighted by Crippen LogP contribution is -2.46. The first-order valence-corrected chi connectivity index (χ1v) is 6.88. The van der Waals surface area contributed by atoms with E-state index in [0.717, 1.165) is 32.2 Å². The molecule has 1 aliphatic rings. The van der Waals surface area contributed by atoms with Gasteiger partial charge in [-0.05, 0) is 43.6 Å². The van der Waals surface area contributed by atoms with Gasteiger partial charge in [0.1, 0.15) is 0 Å². The van der Waals surface area contributed by atoms with Gasteiger partial charge < -0.3 is 10.2 Å².